The van der Waals surface area contributed by atoms with E-state index in [-0.39, 0.29) is 12.7 Å². The van der Waals surface area contributed by atoms with Gasteiger partial charge >= 0.3 is 0 Å². The van der Waals surface area contributed by atoms with Gasteiger partial charge < -0.3 is 9.47 Å². The highest BCUT2D eigenvalue weighted by Gasteiger charge is 2.14. The lowest BCUT2D eigenvalue weighted by Crippen LogP contribution is -2.27. The van der Waals surface area contributed by atoms with Crippen LogP contribution in [0, 0.1) is 0 Å². The molecule has 1 aromatic carbocycles. The molecule has 0 fully saturated rings. The molecule has 0 aromatic heterocycles. The molecule has 5 nitrogen and oxygen atoms in total. The molecule has 0 bridgehead atoms. The third kappa shape index (κ3) is 14.7. The van der Waals surface area contributed by atoms with E-state index < -0.39 is 10.1 Å². The SMILES string of the molecule is CCCCCCCCCCOC(COCc1ccccc1)COS(C)(=O)=O. The van der Waals surface area contributed by atoms with Gasteiger partial charge in [-0.3, -0.25) is 4.18 Å². The van der Waals surface area contributed by atoms with Gasteiger partial charge in [-0.15, -0.1) is 0 Å². The second-order valence-electron chi connectivity index (χ2n) is 6.96. The van der Waals surface area contributed by atoms with E-state index in [1.165, 1.54) is 38.5 Å². The van der Waals surface area contributed by atoms with Gasteiger partial charge in [0.2, 0.25) is 0 Å². The summed E-state index contributed by atoms with van der Waals surface area (Å²) in [5.41, 5.74) is 1.07. The fourth-order valence-electron chi connectivity index (χ4n) is 2.71. The molecule has 156 valence electrons. The molecule has 0 heterocycles. The van der Waals surface area contributed by atoms with Crippen LogP contribution in [0.1, 0.15) is 63.9 Å². The lowest BCUT2D eigenvalue weighted by atomic mass is 10.1. The molecule has 1 aromatic rings. The average molecular weight is 401 g/mol. The van der Waals surface area contributed by atoms with Crippen LogP contribution in [0.25, 0.3) is 0 Å². The van der Waals surface area contributed by atoms with Crippen LogP contribution in [0.15, 0.2) is 30.3 Å². The summed E-state index contributed by atoms with van der Waals surface area (Å²) in [5, 5.41) is 0. The summed E-state index contributed by atoms with van der Waals surface area (Å²) in [7, 11) is -3.48. The molecule has 0 aliphatic carbocycles. The van der Waals surface area contributed by atoms with Crippen LogP contribution in [-0.2, 0) is 30.4 Å². The van der Waals surface area contributed by atoms with Crippen LogP contribution in [0.5, 0.6) is 0 Å². The van der Waals surface area contributed by atoms with Crippen molar-refractivity contribution >= 4 is 10.1 Å². The largest absolute Gasteiger partial charge is 0.374 e. The first-order valence-electron chi connectivity index (χ1n) is 10.1. The summed E-state index contributed by atoms with van der Waals surface area (Å²) in [6.45, 7) is 3.59. The van der Waals surface area contributed by atoms with E-state index in [0.29, 0.717) is 19.8 Å². The normalized spacial score (nSPS) is 13.0. The number of benzene rings is 1. The number of unbranched alkanes of at least 4 members (excludes halogenated alkanes) is 7. The van der Waals surface area contributed by atoms with Gasteiger partial charge in [-0.25, -0.2) is 0 Å². The maximum Gasteiger partial charge on any atom is 0.264 e. The molecule has 0 spiro atoms. The summed E-state index contributed by atoms with van der Waals surface area (Å²) in [6.07, 6.45) is 10.5. The maximum absolute atomic E-state index is 11.2. The van der Waals surface area contributed by atoms with Crippen molar-refractivity contribution in [3.05, 3.63) is 35.9 Å². The first-order chi connectivity index (χ1) is 13.0. The Balaban J connectivity index is 2.21. The predicted octanol–water partition coefficient (Wildman–Crippen LogP) is 4.71. The fraction of sp³-hybridized carbons (Fsp3) is 0.714. The van der Waals surface area contributed by atoms with Gasteiger partial charge in [0.05, 0.1) is 26.1 Å². The quantitative estimate of drug-likeness (QED) is 0.280. The van der Waals surface area contributed by atoms with Gasteiger partial charge in [-0.1, -0.05) is 82.2 Å². The molecule has 27 heavy (non-hydrogen) atoms. The van der Waals surface area contributed by atoms with E-state index in [1.54, 1.807) is 0 Å². The summed E-state index contributed by atoms with van der Waals surface area (Å²) in [4.78, 5) is 0. The minimum absolute atomic E-state index is 0.00928. The summed E-state index contributed by atoms with van der Waals surface area (Å²) >= 11 is 0. The zero-order valence-electron chi connectivity index (χ0n) is 16.9. The molecule has 6 heteroatoms. The monoisotopic (exact) mass is 400 g/mol. The number of rotatable bonds is 17. The molecule has 0 saturated heterocycles. The van der Waals surface area contributed by atoms with Crippen LogP contribution in [-0.4, -0.2) is 40.6 Å². The molecule has 0 radical (unpaired) electrons. The van der Waals surface area contributed by atoms with Gasteiger partial charge in [0.1, 0.15) is 6.10 Å². The van der Waals surface area contributed by atoms with Crippen molar-refractivity contribution in [2.24, 2.45) is 0 Å². The Kier molecular flexibility index (Phi) is 13.4. The van der Waals surface area contributed by atoms with Crippen molar-refractivity contribution in [2.75, 3.05) is 26.1 Å². The van der Waals surface area contributed by atoms with Gasteiger partial charge in [0.25, 0.3) is 10.1 Å². The number of hydrogen-bond donors (Lipinski definition) is 0. The van der Waals surface area contributed by atoms with E-state index in [0.717, 1.165) is 24.7 Å². The molecule has 0 aliphatic heterocycles. The minimum Gasteiger partial charge on any atom is -0.374 e. The van der Waals surface area contributed by atoms with E-state index in [2.05, 4.69) is 6.92 Å². The summed E-state index contributed by atoms with van der Waals surface area (Å²) in [5.74, 6) is 0. The van der Waals surface area contributed by atoms with Crippen LogP contribution < -0.4 is 0 Å². The number of hydrogen-bond acceptors (Lipinski definition) is 5. The maximum atomic E-state index is 11.2. The van der Waals surface area contributed by atoms with Gasteiger partial charge in [0.15, 0.2) is 0 Å². The number of ether oxygens (including phenoxy) is 2. The average Bonchev–Trinajstić information content (AvgIpc) is 2.64. The Morgan fingerprint density at radius 2 is 1.52 bits per heavy atom. The van der Waals surface area contributed by atoms with Crippen molar-refractivity contribution in [2.45, 2.75) is 71.0 Å². The van der Waals surface area contributed by atoms with Crippen LogP contribution in [0.4, 0.5) is 0 Å². The molecule has 1 unspecified atom stereocenters. The first kappa shape index (κ1) is 24.1. The predicted molar refractivity (Wildman–Crippen MR) is 109 cm³/mol. The van der Waals surface area contributed by atoms with Crippen LogP contribution in [0.2, 0.25) is 0 Å². The lowest BCUT2D eigenvalue weighted by Gasteiger charge is -2.17. The highest BCUT2D eigenvalue weighted by Crippen LogP contribution is 2.09. The van der Waals surface area contributed by atoms with Crippen molar-refractivity contribution in [1.82, 2.24) is 0 Å². The van der Waals surface area contributed by atoms with Crippen LogP contribution in [0.3, 0.4) is 0 Å². The molecule has 0 aliphatic rings. The second-order valence-corrected chi connectivity index (χ2v) is 8.60. The van der Waals surface area contributed by atoms with Crippen molar-refractivity contribution < 1.29 is 22.1 Å². The molecule has 1 atom stereocenters. The zero-order valence-corrected chi connectivity index (χ0v) is 17.7. The van der Waals surface area contributed by atoms with Crippen LogP contribution >= 0.6 is 0 Å². The second kappa shape index (κ2) is 15.0. The Morgan fingerprint density at radius 1 is 0.889 bits per heavy atom. The Hall–Kier alpha value is -0.950. The van der Waals surface area contributed by atoms with Crippen molar-refractivity contribution in [3.8, 4) is 0 Å². The van der Waals surface area contributed by atoms with Gasteiger partial charge in [-0.2, -0.15) is 8.42 Å². The Morgan fingerprint density at radius 3 is 2.15 bits per heavy atom. The zero-order chi connectivity index (χ0) is 19.8. The van der Waals surface area contributed by atoms with E-state index in [9.17, 15) is 8.42 Å². The topological polar surface area (TPSA) is 61.8 Å². The fourth-order valence-corrected chi connectivity index (χ4v) is 3.11. The first-order valence-corrected chi connectivity index (χ1v) is 11.9. The minimum atomic E-state index is -3.48. The van der Waals surface area contributed by atoms with Gasteiger partial charge in [0, 0.05) is 6.61 Å². The van der Waals surface area contributed by atoms with Crippen molar-refractivity contribution in [3.63, 3.8) is 0 Å². The smallest absolute Gasteiger partial charge is 0.264 e. The van der Waals surface area contributed by atoms with Gasteiger partial charge in [-0.05, 0) is 12.0 Å². The highest BCUT2D eigenvalue weighted by molar-refractivity contribution is 7.85. The molecule has 0 amide bonds. The molecule has 1 rings (SSSR count). The van der Waals surface area contributed by atoms with E-state index in [1.807, 2.05) is 30.3 Å². The Labute approximate surface area is 165 Å². The Bertz CT molecular complexity index is 559. The third-order valence-corrected chi connectivity index (χ3v) is 4.80. The summed E-state index contributed by atoms with van der Waals surface area (Å²) in [6, 6.07) is 9.86. The molecular formula is C21H36O5S. The standard InChI is InChI=1S/C21H36O5S/c1-3-4-5-6-7-8-9-13-16-25-21(19-26-27(2,22)23)18-24-17-20-14-11-10-12-15-20/h10-12,14-15,21H,3-9,13,16-19H2,1-2H3. The lowest BCUT2D eigenvalue weighted by molar-refractivity contribution is -0.0414. The summed E-state index contributed by atoms with van der Waals surface area (Å²) < 4.78 is 38.9. The molecule has 0 N–H and O–H groups in total. The molecular weight excluding hydrogens is 364 g/mol. The van der Waals surface area contributed by atoms with E-state index in [4.69, 9.17) is 13.7 Å². The van der Waals surface area contributed by atoms with Crippen molar-refractivity contribution in [1.29, 1.82) is 0 Å². The van der Waals surface area contributed by atoms with E-state index >= 15 is 0 Å². The highest BCUT2D eigenvalue weighted by atomic mass is 32.2. The third-order valence-electron chi connectivity index (χ3n) is 4.23. The molecule has 0 saturated carbocycles.